The van der Waals surface area contributed by atoms with Gasteiger partial charge in [-0.15, -0.1) is 11.3 Å². The number of nitrogens with zero attached hydrogens (tertiary/aromatic N) is 1. The molecule has 3 rings (SSSR count). The van der Waals surface area contributed by atoms with E-state index in [2.05, 4.69) is 22.4 Å². The maximum Gasteiger partial charge on any atom is 0.225 e. The van der Waals surface area contributed by atoms with E-state index in [1.165, 1.54) is 37.0 Å². The molecule has 0 spiro atoms. The minimum atomic E-state index is 0.331. The molecule has 19 heavy (non-hydrogen) atoms. The van der Waals surface area contributed by atoms with Crippen LogP contribution in [0, 0.1) is 5.92 Å². The summed E-state index contributed by atoms with van der Waals surface area (Å²) < 4.78 is 0. The number of thiophene rings is 1. The molecule has 0 N–H and O–H groups in total. The van der Waals surface area contributed by atoms with Gasteiger partial charge >= 0.3 is 0 Å². The first-order valence-corrected chi connectivity index (χ1v) is 8.55. The lowest BCUT2D eigenvalue weighted by Crippen LogP contribution is -2.39. The van der Waals surface area contributed by atoms with Gasteiger partial charge in [-0.3, -0.25) is 4.79 Å². The predicted octanol–water partition coefficient (Wildman–Crippen LogP) is 3.86. The van der Waals surface area contributed by atoms with Gasteiger partial charge in [0.05, 0.1) is 0 Å². The first kappa shape index (κ1) is 13.2. The van der Waals surface area contributed by atoms with Gasteiger partial charge in [0, 0.05) is 23.4 Å². The molecular weight excluding hydrogens is 254 g/mol. The highest BCUT2D eigenvalue weighted by molar-refractivity contribution is 7.09. The van der Waals surface area contributed by atoms with Crippen LogP contribution >= 0.6 is 11.3 Å². The smallest absolute Gasteiger partial charge is 0.225 e. The monoisotopic (exact) mass is 277 g/mol. The van der Waals surface area contributed by atoms with E-state index in [9.17, 15) is 4.79 Å². The Labute approximate surface area is 119 Å². The molecule has 2 aliphatic carbocycles. The summed E-state index contributed by atoms with van der Waals surface area (Å²) in [4.78, 5) is 16.3. The molecule has 0 aliphatic heterocycles. The van der Waals surface area contributed by atoms with Crippen molar-refractivity contribution >= 4 is 17.2 Å². The highest BCUT2D eigenvalue weighted by atomic mass is 32.1. The van der Waals surface area contributed by atoms with E-state index in [-0.39, 0.29) is 0 Å². The van der Waals surface area contributed by atoms with Gasteiger partial charge in [-0.05, 0) is 43.6 Å². The second-order valence-corrected chi connectivity index (χ2v) is 6.96. The highest BCUT2D eigenvalue weighted by Crippen LogP contribution is 2.32. The zero-order valence-corrected chi connectivity index (χ0v) is 12.3. The number of amides is 1. The van der Waals surface area contributed by atoms with Crippen molar-refractivity contribution in [3.05, 3.63) is 22.4 Å². The Balaban J connectivity index is 1.58. The molecule has 2 saturated carbocycles. The molecule has 1 amide bonds. The largest absolute Gasteiger partial charge is 0.339 e. The van der Waals surface area contributed by atoms with E-state index < -0.39 is 0 Å². The summed E-state index contributed by atoms with van der Waals surface area (Å²) in [5.41, 5.74) is 0. The Morgan fingerprint density at radius 2 is 2.00 bits per heavy atom. The van der Waals surface area contributed by atoms with Crippen molar-refractivity contribution < 1.29 is 4.79 Å². The van der Waals surface area contributed by atoms with Gasteiger partial charge in [-0.2, -0.15) is 0 Å². The summed E-state index contributed by atoms with van der Waals surface area (Å²) in [6, 6.07) is 4.85. The van der Waals surface area contributed by atoms with E-state index in [0.29, 0.717) is 17.9 Å². The van der Waals surface area contributed by atoms with Crippen molar-refractivity contribution in [1.82, 2.24) is 4.90 Å². The number of hydrogen-bond donors (Lipinski definition) is 0. The van der Waals surface area contributed by atoms with Crippen LogP contribution in [0.15, 0.2) is 17.5 Å². The molecule has 2 nitrogen and oxygen atoms in total. The summed E-state index contributed by atoms with van der Waals surface area (Å²) in [7, 11) is 0. The van der Waals surface area contributed by atoms with Crippen molar-refractivity contribution in [3.63, 3.8) is 0 Å². The number of rotatable bonds is 5. The van der Waals surface area contributed by atoms with Crippen molar-refractivity contribution in [2.45, 2.75) is 57.4 Å². The van der Waals surface area contributed by atoms with Crippen LogP contribution in [0.25, 0.3) is 0 Å². The van der Waals surface area contributed by atoms with E-state index in [4.69, 9.17) is 0 Å². The zero-order chi connectivity index (χ0) is 13.1. The Morgan fingerprint density at radius 1 is 1.21 bits per heavy atom. The number of hydrogen-bond acceptors (Lipinski definition) is 2. The van der Waals surface area contributed by atoms with Crippen LogP contribution in [-0.2, 0) is 11.2 Å². The maximum atomic E-state index is 12.7. The summed E-state index contributed by atoms with van der Waals surface area (Å²) in [6.45, 7) is 0.931. The van der Waals surface area contributed by atoms with Crippen LogP contribution in [0.4, 0.5) is 0 Å². The van der Waals surface area contributed by atoms with Crippen LogP contribution in [0.1, 0.15) is 49.8 Å². The Hall–Kier alpha value is -0.830. The summed E-state index contributed by atoms with van der Waals surface area (Å²) in [6.07, 6.45) is 9.56. The normalized spacial score (nSPS) is 20.4. The van der Waals surface area contributed by atoms with Gasteiger partial charge in [0.15, 0.2) is 0 Å². The summed E-state index contributed by atoms with van der Waals surface area (Å²) in [5.74, 6) is 0.788. The molecule has 0 bridgehead atoms. The third kappa shape index (κ3) is 3.38. The van der Waals surface area contributed by atoms with E-state index in [1.54, 1.807) is 11.3 Å². The minimum Gasteiger partial charge on any atom is -0.339 e. The lowest BCUT2D eigenvalue weighted by atomic mass is 9.88. The number of carbonyl (C=O) groups excluding carboxylic acids is 1. The van der Waals surface area contributed by atoms with Crippen molar-refractivity contribution in [2.24, 2.45) is 5.92 Å². The molecule has 0 unspecified atom stereocenters. The van der Waals surface area contributed by atoms with Gasteiger partial charge in [0.25, 0.3) is 0 Å². The Morgan fingerprint density at radius 3 is 2.63 bits per heavy atom. The van der Waals surface area contributed by atoms with Crippen LogP contribution in [0.5, 0.6) is 0 Å². The first-order chi connectivity index (χ1) is 9.34. The molecule has 0 saturated heterocycles. The van der Waals surface area contributed by atoms with Gasteiger partial charge < -0.3 is 4.90 Å². The third-order valence-corrected chi connectivity index (χ3v) is 5.34. The first-order valence-electron chi connectivity index (χ1n) is 7.67. The second kappa shape index (κ2) is 6.08. The highest BCUT2D eigenvalue weighted by Gasteiger charge is 2.35. The fourth-order valence-corrected chi connectivity index (χ4v) is 3.83. The average Bonchev–Trinajstić information content (AvgIpc) is 3.15. The van der Waals surface area contributed by atoms with Gasteiger partial charge in [-0.1, -0.05) is 25.3 Å². The molecule has 0 atom stereocenters. The van der Waals surface area contributed by atoms with Gasteiger partial charge in [0.1, 0.15) is 0 Å². The standard InChI is InChI=1S/C16H23NOS/c18-16(13-5-2-1-3-6-13)17(14-8-9-14)11-10-15-7-4-12-19-15/h4,7,12-14H,1-3,5-6,8-11H2. The number of carbonyl (C=O) groups is 1. The van der Waals surface area contributed by atoms with Crippen LogP contribution in [0.3, 0.4) is 0 Å². The third-order valence-electron chi connectivity index (χ3n) is 4.40. The van der Waals surface area contributed by atoms with Crippen molar-refractivity contribution in [1.29, 1.82) is 0 Å². The maximum absolute atomic E-state index is 12.7. The molecular formula is C16H23NOS. The molecule has 2 fully saturated rings. The lowest BCUT2D eigenvalue weighted by Gasteiger charge is -2.29. The van der Waals surface area contributed by atoms with Crippen molar-refractivity contribution in [3.8, 4) is 0 Å². The van der Waals surface area contributed by atoms with Crippen LogP contribution < -0.4 is 0 Å². The molecule has 2 aliphatic rings. The van der Waals surface area contributed by atoms with Gasteiger partial charge in [0.2, 0.25) is 5.91 Å². The fourth-order valence-electron chi connectivity index (χ4n) is 3.13. The molecule has 1 aromatic heterocycles. The molecule has 1 aromatic rings. The van der Waals surface area contributed by atoms with Crippen LogP contribution in [0.2, 0.25) is 0 Å². The van der Waals surface area contributed by atoms with Crippen molar-refractivity contribution in [2.75, 3.05) is 6.54 Å². The fraction of sp³-hybridized carbons (Fsp3) is 0.688. The molecule has 0 radical (unpaired) electrons. The second-order valence-electron chi connectivity index (χ2n) is 5.93. The average molecular weight is 277 g/mol. The van der Waals surface area contributed by atoms with E-state index in [0.717, 1.165) is 25.8 Å². The SMILES string of the molecule is O=C(C1CCCCC1)N(CCc1cccs1)C1CC1. The topological polar surface area (TPSA) is 20.3 Å². The molecule has 0 aromatic carbocycles. The van der Waals surface area contributed by atoms with Crippen LogP contribution in [-0.4, -0.2) is 23.4 Å². The Kier molecular flexibility index (Phi) is 4.21. The quantitative estimate of drug-likeness (QED) is 0.800. The molecule has 1 heterocycles. The lowest BCUT2D eigenvalue weighted by molar-refractivity contribution is -0.137. The predicted molar refractivity (Wildman–Crippen MR) is 79.3 cm³/mol. The zero-order valence-electron chi connectivity index (χ0n) is 11.5. The van der Waals surface area contributed by atoms with Gasteiger partial charge in [-0.25, -0.2) is 0 Å². The summed E-state index contributed by atoms with van der Waals surface area (Å²) >= 11 is 1.81. The minimum absolute atomic E-state index is 0.331. The molecule has 104 valence electrons. The van der Waals surface area contributed by atoms with E-state index in [1.807, 2.05) is 0 Å². The Bertz CT molecular complexity index is 404. The molecule has 3 heteroatoms. The van der Waals surface area contributed by atoms with E-state index >= 15 is 0 Å². The summed E-state index contributed by atoms with van der Waals surface area (Å²) in [5, 5.41) is 2.12.